The number of para-hydroxylation sites is 1. The van der Waals surface area contributed by atoms with Gasteiger partial charge >= 0.3 is 5.97 Å². The maximum atomic E-state index is 12.7. The van der Waals surface area contributed by atoms with E-state index in [9.17, 15) is 24.5 Å². The number of benzene rings is 2. The van der Waals surface area contributed by atoms with Crippen molar-refractivity contribution in [3.05, 3.63) is 81.0 Å². The molecule has 1 fully saturated rings. The highest BCUT2D eigenvalue weighted by atomic mass is 35.5. The number of ether oxygens (including phenoxy) is 2. The number of nitrogens with one attached hydrogen (secondary N) is 1. The average molecular weight is 504 g/mol. The molecular formula is C22H18ClN3O7S. The van der Waals surface area contributed by atoms with Crippen LogP contribution in [0.25, 0.3) is 0 Å². The van der Waals surface area contributed by atoms with Gasteiger partial charge in [-0.25, -0.2) is 4.79 Å². The molecule has 12 heteroatoms. The fraction of sp³-hybridized carbons (Fsp3) is 0.227. The van der Waals surface area contributed by atoms with Gasteiger partial charge in [-0.1, -0.05) is 29.8 Å². The number of nitro groups is 1. The van der Waals surface area contributed by atoms with Gasteiger partial charge in [0.25, 0.3) is 17.5 Å². The summed E-state index contributed by atoms with van der Waals surface area (Å²) < 4.78 is 10.7. The molecule has 2 amide bonds. The Hall–Kier alpha value is -3.57. The summed E-state index contributed by atoms with van der Waals surface area (Å²) in [5.41, 5.74) is 0.390. The molecule has 2 aromatic carbocycles. The Morgan fingerprint density at radius 1 is 1.18 bits per heavy atom. The van der Waals surface area contributed by atoms with Gasteiger partial charge in [0.05, 0.1) is 9.96 Å². The molecule has 176 valence electrons. The highest BCUT2D eigenvalue weighted by molar-refractivity contribution is 8.00. The van der Waals surface area contributed by atoms with Crippen LogP contribution in [-0.4, -0.2) is 51.4 Å². The van der Waals surface area contributed by atoms with Gasteiger partial charge in [-0.2, -0.15) is 0 Å². The van der Waals surface area contributed by atoms with E-state index in [1.807, 2.05) is 6.07 Å². The van der Waals surface area contributed by atoms with Gasteiger partial charge < -0.3 is 14.8 Å². The summed E-state index contributed by atoms with van der Waals surface area (Å²) in [6.45, 7) is -0.409. The van der Waals surface area contributed by atoms with E-state index in [0.29, 0.717) is 11.3 Å². The van der Waals surface area contributed by atoms with E-state index in [2.05, 4.69) is 5.32 Å². The second kappa shape index (κ2) is 10.1. The monoisotopic (exact) mass is 503 g/mol. The number of β-lactam (4-membered cyclic amide) rings is 1. The lowest BCUT2D eigenvalue weighted by Crippen LogP contribution is -2.70. The molecule has 1 N–H and O–H groups in total. The SMILES string of the molecule is O=C(COc1ccccc1)NC1C(=O)N2C(C(=O)OCc3ccc([N+](=O)[O-])cc3)=C(Cl)CS[C@@H]12. The fourth-order valence-electron chi connectivity index (χ4n) is 3.38. The molecular weight excluding hydrogens is 486 g/mol. The number of non-ortho nitro benzene ring substituents is 1. The van der Waals surface area contributed by atoms with Gasteiger partial charge in [-0.05, 0) is 29.8 Å². The van der Waals surface area contributed by atoms with Gasteiger partial charge in [-0.15, -0.1) is 11.8 Å². The number of amides is 2. The van der Waals surface area contributed by atoms with Crippen molar-refractivity contribution < 1.29 is 28.8 Å². The van der Waals surface area contributed by atoms with Crippen molar-refractivity contribution in [1.82, 2.24) is 10.2 Å². The minimum Gasteiger partial charge on any atom is -0.484 e. The minimum atomic E-state index is -0.820. The lowest BCUT2D eigenvalue weighted by Gasteiger charge is -2.49. The molecule has 10 nitrogen and oxygen atoms in total. The van der Waals surface area contributed by atoms with Crippen LogP contribution in [0.2, 0.25) is 0 Å². The maximum Gasteiger partial charge on any atom is 0.356 e. The number of thioether (sulfide) groups is 1. The summed E-state index contributed by atoms with van der Waals surface area (Å²) in [6.07, 6.45) is 0. The third-order valence-electron chi connectivity index (χ3n) is 5.06. The Bertz CT molecular complexity index is 1160. The van der Waals surface area contributed by atoms with Crippen LogP contribution in [0.3, 0.4) is 0 Å². The topological polar surface area (TPSA) is 128 Å². The number of carbonyl (C=O) groups is 3. The normalized spacial score (nSPS) is 19.1. The minimum absolute atomic E-state index is 0.0663. The molecule has 1 unspecified atom stereocenters. The van der Waals surface area contributed by atoms with Crippen LogP contribution in [0.1, 0.15) is 5.56 Å². The Morgan fingerprint density at radius 2 is 1.88 bits per heavy atom. The zero-order valence-corrected chi connectivity index (χ0v) is 19.1. The number of fused-ring (bicyclic) bond motifs is 1. The van der Waals surface area contributed by atoms with E-state index in [1.165, 1.54) is 40.9 Å². The zero-order chi connectivity index (χ0) is 24.2. The molecule has 2 aliphatic rings. The van der Waals surface area contributed by atoms with Gasteiger partial charge in [0, 0.05) is 17.9 Å². The molecule has 0 aromatic heterocycles. The van der Waals surface area contributed by atoms with Crippen molar-refractivity contribution in [1.29, 1.82) is 0 Å². The Morgan fingerprint density at radius 3 is 2.56 bits per heavy atom. The van der Waals surface area contributed by atoms with Crippen molar-refractivity contribution in [3.8, 4) is 5.75 Å². The first kappa shape index (κ1) is 23.6. The van der Waals surface area contributed by atoms with Crippen molar-refractivity contribution in [3.63, 3.8) is 0 Å². The number of hydrogen-bond donors (Lipinski definition) is 1. The van der Waals surface area contributed by atoms with E-state index in [4.69, 9.17) is 21.1 Å². The second-order valence-electron chi connectivity index (χ2n) is 7.31. The molecule has 34 heavy (non-hydrogen) atoms. The van der Waals surface area contributed by atoms with E-state index >= 15 is 0 Å². The zero-order valence-electron chi connectivity index (χ0n) is 17.5. The van der Waals surface area contributed by atoms with Crippen molar-refractivity contribution in [2.24, 2.45) is 0 Å². The van der Waals surface area contributed by atoms with Crippen molar-refractivity contribution in [2.45, 2.75) is 18.0 Å². The molecule has 2 aromatic rings. The predicted octanol–water partition coefficient (Wildman–Crippen LogP) is 2.57. The third-order valence-corrected chi connectivity index (χ3v) is 6.81. The molecule has 2 aliphatic heterocycles. The van der Waals surface area contributed by atoms with Gasteiger partial charge in [0.15, 0.2) is 6.61 Å². The first-order valence-corrected chi connectivity index (χ1v) is 11.5. The molecule has 0 radical (unpaired) electrons. The summed E-state index contributed by atoms with van der Waals surface area (Å²) >= 11 is 7.54. The molecule has 4 rings (SSSR count). The van der Waals surface area contributed by atoms with Crippen LogP contribution in [-0.2, 0) is 25.7 Å². The van der Waals surface area contributed by atoms with E-state index in [1.54, 1.807) is 24.3 Å². The Kier molecular flexibility index (Phi) is 7.03. The number of halogens is 1. The molecule has 2 atom stereocenters. The molecule has 0 saturated carbocycles. The number of nitrogens with zero attached hydrogens (tertiary/aromatic N) is 2. The second-order valence-corrected chi connectivity index (χ2v) is 8.87. The number of nitro benzene ring substituents is 1. The number of hydrogen-bond acceptors (Lipinski definition) is 8. The van der Waals surface area contributed by atoms with Gasteiger partial charge in [-0.3, -0.25) is 24.6 Å². The largest absolute Gasteiger partial charge is 0.484 e. The van der Waals surface area contributed by atoms with Gasteiger partial charge in [0.2, 0.25) is 0 Å². The summed E-state index contributed by atoms with van der Waals surface area (Å²) in [4.78, 5) is 49.1. The highest BCUT2D eigenvalue weighted by Crippen LogP contribution is 2.41. The van der Waals surface area contributed by atoms with Crippen LogP contribution in [0, 0.1) is 10.1 Å². The van der Waals surface area contributed by atoms with Crippen LogP contribution in [0.4, 0.5) is 5.69 Å². The van der Waals surface area contributed by atoms with Crippen LogP contribution in [0.15, 0.2) is 65.3 Å². The molecule has 0 spiro atoms. The maximum absolute atomic E-state index is 12.7. The Labute approximate surface area is 203 Å². The molecule has 0 bridgehead atoms. The van der Waals surface area contributed by atoms with Crippen LogP contribution < -0.4 is 10.1 Å². The van der Waals surface area contributed by atoms with Crippen LogP contribution >= 0.6 is 23.4 Å². The lowest BCUT2D eigenvalue weighted by molar-refractivity contribution is -0.384. The first-order valence-electron chi connectivity index (χ1n) is 10.1. The average Bonchev–Trinajstić information content (AvgIpc) is 2.85. The van der Waals surface area contributed by atoms with E-state index in [0.717, 1.165) is 0 Å². The Balaban J connectivity index is 1.34. The van der Waals surface area contributed by atoms with Crippen molar-refractivity contribution >= 4 is 46.8 Å². The summed E-state index contributed by atoms with van der Waals surface area (Å²) in [6, 6.07) is 13.5. The quantitative estimate of drug-likeness (QED) is 0.252. The predicted molar refractivity (Wildman–Crippen MR) is 123 cm³/mol. The molecule has 1 saturated heterocycles. The fourth-order valence-corrected chi connectivity index (χ4v) is 4.93. The van der Waals surface area contributed by atoms with E-state index in [-0.39, 0.29) is 35.4 Å². The van der Waals surface area contributed by atoms with Gasteiger partial charge in [0.1, 0.15) is 29.5 Å². The number of carbonyl (C=O) groups excluding carboxylic acids is 3. The number of rotatable bonds is 8. The van der Waals surface area contributed by atoms with E-state index < -0.39 is 34.1 Å². The summed E-state index contributed by atoms with van der Waals surface area (Å²) in [5, 5.41) is 13.0. The third kappa shape index (κ3) is 5.00. The highest BCUT2D eigenvalue weighted by Gasteiger charge is 2.54. The summed E-state index contributed by atoms with van der Waals surface area (Å²) in [5.74, 6) is -0.945. The lowest BCUT2D eigenvalue weighted by atomic mass is 10.1. The number of esters is 1. The standard InChI is InChI=1S/C22H18ClN3O7S/c23-16-12-34-21-18(24-17(27)11-32-15-4-2-1-3-5-15)20(28)25(21)19(16)22(29)33-10-13-6-8-14(9-7-13)26(30)31/h1-9,18,21H,10-12H2,(H,24,27)/t18?,21-/m0/s1. The smallest absolute Gasteiger partial charge is 0.356 e. The molecule has 2 heterocycles. The molecule has 0 aliphatic carbocycles. The summed E-state index contributed by atoms with van der Waals surface area (Å²) in [7, 11) is 0. The first-order chi connectivity index (χ1) is 16.3. The van der Waals surface area contributed by atoms with Crippen molar-refractivity contribution in [2.75, 3.05) is 12.4 Å². The van der Waals surface area contributed by atoms with Crippen LogP contribution in [0.5, 0.6) is 5.75 Å².